The first-order valence-corrected chi connectivity index (χ1v) is 6.01. The number of nitrogens with one attached hydrogen (secondary N) is 2. The lowest BCUT2D eigenvalue weighted by atomic mass is 10.2. The Bertz CT molecular complexity index is 388. The minimum atomic E-state index is -0.0338. The van der Waals surface area contributed by atoms with Crippen LogP contribution in [0.1, 0.15) is 13.8 Å². The number of nitrogens with zero attached hydrogens (tertiary/aromatic N) is 1. The SMILES string of the molecule is CC(=O)Nc1ccc(N2CCN[C@H](C)C2)cc1. The van der Waals surface area contributed by atoms with Crippen LogP contribution in [0.25, 0.3) is 0 Å². The lowest BCUT2D eigenvalue weighted by Crippen LogP contribution is -2.49. The Kier molecular flexibility index (Phi) is 3.64. The van der Waals surface area contributed by atoms with Gasteiger partial charge >= 0.3 is 0 Å². The van der Waals surface area contributed by atoms with Gasteiger partial charge < -0.3 is 15.5 Å². The van der Waals surface area contributed by atoms with E-state index in [9.17, 15) is 4.79 Å². The maximum atomic E-state index is 10.9. The van der Waals surface area contributed by atoms with Gasteiger partial charge in [-0.05, 0) is 31.2 Å². The molecule has 0 saturated carbocycles. The number of rotatable bonds is 2. The van der Waals surface area contributed by atoms with Crippen molar-refractivity contribution in [3.05, 3.63) is 24.3 Å². The number of hydrogen-bond donors (Lipinski definition) is 2. The number of piperazine rings is 1. The first-order valence-electron chi connectivity index (χ1n) is 6.01. The number of hydrogen-bond acceptors (Lipinski definition) is 3. The van der Waals surface area contributed by atoms with Gasteiger partial charge in [0, 0.05) is 44.0 Å². The van der Waals surface area contributed by atoms with E-state index in [1.165, 1.54) is 12.6 Å². The Morgan fingerprint density at radius 2 is 2.12 bits per heavy atom. The van der Waals surface area contributed by atoms with E-state index in [-0.39, 0.29) is 5.91 Å². The van der Waals surface area contributed by atoms with Crippen LogP contribution in [-0.2, 0) is 4.79 Å². The van der Waals surface area contributed by atoms with Crippen LogP contribution in [0.4, 0.5) is 11.4 Å². The van der Waals surface area contributed by atoms with E-state index in [2.05, 4.69) is 34.6 Å². The zero-order chi connectivity index (χ0) is 12.3. The summed E-state index contributed by atoms with van der Waals surface area (Å²) >= 11 is 0. The Balaban J connectivity index is 2.04. The molecule has 4 nitrogen and oxygen atoms in total. The van der Waals surface area contributed by atoms with E-state index in [1.54, 1.807) is 0 Å². The van der Waals surface area contributed by atoms with Crippen LogP contribution in [0.5, 0.6) is 0 Å². The molecule has 1 aromatic rings. The Labute approximate surface area is 102 Å². The third kappa shape index (κ3) is 3.20. The zero-order valence-corrected chi connectivity index (χ0v) is 10.4. The van der Waals surface area contributed by atoms with Crippen LogP contribution in [0.15, 0.2) is 24.3 Å². The zero-order valence-electron chi connectivity index (χ0n) is 10.4. The number of anilines is 2. The molecule has 1 amide bonds. The monoisotopic (exact) mass is 233 g/mol. The topological polar surface area (TPSA) is 44.4 Å². The summed E-state index contributed by atoms with van der Waals surface area (Å²) in [5, 5.41) is 6.19. The van der Waals surface area contributed by atoms with Crippen LogP contribution in [0, 0.1) is 0 Å². The predicted octanol–water partition coefficient (Wildman–Crippen LogP) is 1.44. The fourth-order valence-electron chi connectivity index (χ4n) is 2.13. The van der Waals surface area contributed by atoms with Gasteiger partial charge in [-0.1, -0.05) is 0 Å². The molecular formula is C13H19N3O. The number of carbonyl (C=O) groups excluding carboxylic acids is 1. The van der Waals surface area contributed by atoms with Gasteiger partial charge in [-0.15, -0.1) is 0 Å². The third-order valence-electron chi connectivity index (χ3n) is 2.92. The van der Waals surface area contributed by atoms with Crippen molar-refractivity contribution in [2.24, 2.45) is 0 Å². The van der Waals surface area contributed by atoms with E-state index < -0.39 is 0 Å². The molecule has 2 N–H and O–H groups in total. The van der Waals surface area contributed by atoms with Crippen molar-refractivity contribution in [3.8, 4) is 0 Å². The van der Waals surface area contributed by atoms with Crippen LogP contribution in [0.2, 0.25) is 0 Å². The van der Waals surface area contributed by atoms with E-state index in [0.29, 0.717) is 6.04 Å². The molecule has 4 heteroatoms. The summed E-state index contributed by atoms with van der Waals surface area (Å²) in [6, 6.07) is 8.54. The molecule has 1 aromatic carbocycles. The van der Waals surface area contributed by atoms with Gasteiger partial charge in [0.05, 0.1) is 0 Å². The first-order chi connectivity index (χ1) is 8.15. The van der Waals surface area contributed by atoms with Gasteiger partial charge in [0.1, 0.15) is 0 Å². The van der Waals surface area contributed by atoms with Crippen molar-refractivity contribution in [3.63, 3.8) is 0 Å². The summed E-state index contributed by atoms with van der Waals surface area (Å²) < 4.78 is 0. The van der Waals surface area contributed by atoms with Crippen LogP contribution in [-0.4, -0.2) is 31.6 Å². The number of carbonyl (C=O) groups is 1. The van der Waals surface area contributed by atoms with Gasteiger partial charge in [0.15, 0.2) is 0 Å². The molecule has 2 rings (SSSR count). The van der Waals surface area contributed by atoms with E-state index in [4.69, 9.17) is 0 Å². The van der Waals surface area contributed by atoms with Gasteiger partial charge in [-0.3, -0.25) is 4.79 Å². The Morgan fingerprint density at radius 1 is 1.41 bits per heavy atom. The van der Waals surface area contributed by atoms with Crippen molar-refractivity contribution >= 4 is 17.3 Å². The molecule has 0 unspecified atom stereocenters. The maximum absolute atomic E-state index is 10.9. The van der Waals surface area contributed by atoms with Crippen LogP contribution >= 0.6 is 0 Å². The average molecular weight is 233 g/mol. The standard InChI is InChI=1S/C13H19N3O/c1-10-9-16(8-7-14-10)13-5-3-12(4-6-13)15-11(2)17/h3-6,10,14H,7-9H2,1-2H3,(H,15,17)/t10-/m1/s1. The third-order valence-corrected chi connectivity index (χ3v) is 2.92. The van der Waals surface area contributed by atoms with E-state index in [1.807, 2.05) is 12.1 Å². The second-order valence-electron chi connectivity index (χ2n) is 4.53. The molecule has 0 radical (unpaired) electrons. The molecule has 92 valence electrons. The molecule has 0 aromatic heterocycles. The Morgan fingerprint density at radius 3 is 2.71 bits per heavy atom. The second-order valence-corrected chi connectivity index (χ2v) is 4.53. The molecule has 1 heterocycles. The first kappa shape index (κ1) is 11.9. The molecule has 0 spiro atoms. The van der Waals surface area contributed by atoms with Gasteiger partial charge in [-0.25, -0.2) is 0 Å². The molecule has 1 atom stereocenters. The second kappa shape index (κ2) is 5.19. The minimum Gasteiger partial charge on any atom is -0.369 e. The Hall–Kier alpha value is -1.55. The molecule has 1 fully saturated rings. The highest BCUT2D eigenvalue weighted by molar-refractivity contribution is 5.88. The molecule has 17 heavy (non-hydrogen) atoms. The summed E-state index contributed by atoms with van der Waals surface area (Å²) in [4.78, 5) is 13.3. The smallest absolute Gasteiger partial charge is 0.221 e. The minimum absolute atomic E-state index is 0.0338. The summed E-state index contributed by atoms with van der Waals surface area (Å²) in [5.74, 6) is -0.0338. The lowest BCUT2D eigenvalue weighted by Gasteiger charge is -2.33. The van der Waals surface area contributed by atoms with Crippen molar-refractivity contribution in [2.45, 2.75) is 19.9 Å². The largest absolute Gasteiger partial charge is 0.369 e. The quantitative estimate of drug-likeness (QED) is 0.812. The molecule has 1 aliphatic rings. The molecule has 1 aliphatic heterocycles. The van der Waals surface area contributed by atoms with Crippen LogP contribution < -0.4 is 15.5 Å². The maximum Gasteiger partial charge on any atom is 0.221 e. The van der Waals surface area contributed by atoms with Crippen molar-refractivity contribution in [2.75, 3.05) is 29.9 Å². The van der Waals surface area contributed by atoms with Crippen LogP contribution in [0.3, 0.4) is 0 Å². The van der Waals surface area contributed by atoms with Crippen molar-refractivity contribution in [1.29, 1.82) is 0 Å². The molecule has 1 saturated heterocycles. The molecule has 0 bridgehead atoms. The highest BCUT2D eigenvalue weighted by Crippen LogP contribution is 2.19. The highest BCUT2D eigenvalue weighted by Gasteiger charge is 2.15. The summed E-state index contributed by atoms with van der Waals surface area (Å²) in [7, 11) is 0. The number of benzene rings is 1. The normalized spacial score (nSPS) is 20.1. The molecular weight excluding hydrogens is 214 g/mol. The van der Waals surface area contributed by atoms with E-state index in [0.717, 1.165) is 25.3 Å². The van der Waals surface area contributed by atoms with E-state index >= 15 is 0 Å². The lowest BCUT2D eigenvalue weighted by molar-refractivity contribution is -0.114. The van der Waals surface area contributed by atoms with Crippen molar-refractivity contribution < 1.29 is 4.79 Å². The fraction of sp³-hybridized carbons (Fsp3) is 0.462. The summed E-state index contributed by atoms with van der Waals surface area (Å²) in [6.45, 7) is 6.79. The fourth-order valence-corrected chi connectivity index (χ4v) is 2.13. The van der Waals surface area contributed by atoms with Crippen molar-refractivity contribution in [1.82, 2.24) is 5.32 Å². The number of amides is 1. The summed E-state index contributed by atoms with van der Waals surface area (Å²) in [5.41, 5.74) is 2.07. The molecule has 0 aliphatic carbocycles. The van der Waals surface area contributed by atoms with Gasteiger partial charge in [0.25, 0.3) is 0 Å². The van der Waals surface area contributed by atoms with Gasteiger partial charge in [-0.2, -0.15) is 0 Å². The predicted molar refractivity (Wildman–Crippen MR) is 70.4 cm³/mol. The average Bonchev–Trinajstić information content (AvgIpc) is 2.29. The highest BCUT2D eigenvalue weighted by atomic mass is 16.1. The van der Waals surface area contributed by atoms with Gasteiger partial charge in [0.2, 0.25) is 5.91 Å². The summed E-state index contributed by atoms with van der Waals surface area (Å²) in [6.07, 6.45) is 0.